The van der Waals surface area contributed by atoms with Gasteiger partial charge in [0.25, 0.3) is 0 Å². The highest BCUT2D eigenvalue weighted by Crippen LogP contribution is 2.34. The molecule has 0 fully saturated rings. The summed E-state index contributed by atoms with van der Waals surface area (Å²) in [7, 11) is 0. The van der Waals surface area contributed by atoms with Gasteiger partial charge in [-0.3, -0.25) is 4.79 Å². The van der Waals surface area contributed by atoms with Crippen LogP contribution in [-0.4, -0.2) is 38.3 Å². The van der Waals surface area contributed by atoms with Crippen LogP contribution in [0.4, 0.5) is 18.9 Å². The fraction of sp³-hybridized carbons (Fsp3) is 0.136. The Hall–Kier alpha value is -3.73. The van der Waals surface area contributed by atoms with Crippen LogP contribution in [0.2, 0.25) is 0 Å². The van der Waals surface area contributed by atoms with Gasteiger partial charge in [0.2, 0.25) is 5.91 Å². The minimum atomic E-state index is -4.30. The van der Waals surface area contributed by atoms with Crippen LogP contribution >= 0.6 is 11.8 Å². The maximum atomic E-state index is 12.7. The summed E-state index contributed by atoms with van der Waals surface area (Å²) in [5, 5.41) is 18.3. The topological polar surface area (TPSA) is 106 Å². The number of carbonyl (C=O) groups excluding carboxylic acids is 1. The highest BCUT2D eigenvalue weighted by molar-refractivity contribution is 7.99. The van der Waals surface area contributed by atoms with Crippen LogP contribution in [0.15, 0.2) is 70.7 Å². The number of primary amides is 1. The summed E-state index contributed by atoms with van der Waals surface area (Å²) in [5.41, 5.74) is 6.79. The number of fused-ring (bicyclic) bond motifs is 1. The molecule has 11 heteroatoms. The van der Waals surface area contributed by atoms with Gasteiger partial charge in [-0.2, -0.15) is 18.3 Å². The molecule has 0 bridgehead atoms. The molecule has 4 rings (SSSR count). The first-order valence-corrected chi connectivity index (χ1v) is 10.6. The van der Waals surface area contributed by atoms with Crippen molar-refractivity contribution in [2.75, 3.05) is 11.9 Å². The number of phenols is 1. The number of rotatable bonds is 7. The van der Waals surface area contributed by atoms with E-state index < -0.39 is 18.5 Å². The predicted octanol–water partition coefficient (Wildman–Crippen LogP) is 4.72. The van der Waals surface area contributed by atoms with Crippen LogP contribution in [0.3, 0.4) is 0 Å². The zero-order valence-electron chi connectivity index (χ0n) is 17.0. The van der Waals surface area contributed by atoms with Crippen LogP contribution in [0.25, 0.3) is 16.9 Å². The molecule has 1 amide bonds. The number of halogens is 3. The Balaban J connectivity index is 1.78. The number of aromatic hydroxyl groups is 1. The van der Waals surface area contributed by atoms with Crippen molar-refractivity contribution in [2.24, 2.45) is 5.73 Å². The molecule has 0 aliphatic carbocycles. The molecule has 170 valence electrons. The lowest BCUT2D eigenvalue weighted by atomic mass is 10.1. The summed E-state index contributed by atoms with van der Waals surface area (Å²) < 4.78 is 39.4. The lowest BCUT2D eigenvalue weighted by molar-refractivity contribution is -0.131. The molecule has 7 nitrogen and oxygen atoms in total. The third-order valence-electron chi connectivity index (χ3n) is 4.69. The number of benzene rings is 2. The van der Waals surface area contributed by atoms with E-state index in [1.165, 1.54) is 40.7 Å². The number of nitrogens with one attached hydrogen (secondary N) is 1. The van der Waals surface area contributed by atoms with Crippen LogP contribution in [-0.2, 0) is 0 Å². The van der Waals surface area contributed by atoms with E-state index in [9.17, 15) is 23.1 Å². The van der Waals surface area contributed by atoms with Crippen LogP contribution in [0, 0.1) is 0 Å². The Kier molecular flexibility index (Phi) is 6.14. The lowest BCUT2D eigenvalue weighted by Crippen LogP contribution is -2.15. The van der Waals surface area contributed by atoms with Gasteiger partial charge in [-0.25, -0.2) is 9.50 Å². The van der Waals surface area contributed by atoms with Crippen LogP contribution in [0.1, 0.15) is 16.8 Å². The number of carbonyl (C=O) groups is 1. The van der Waals surface area contributed by atoms with Gasteiger partial charge in [-0.15, -0.1) is 0 Å². The van der Waals surface area contributed by atoms with E-state index in [4.69, 9.17) is 5.73 Å². The van der Waals surface area contributed by atoms with Crippen molar-refractivity contribution < 1.29 is 23.1 Å². The molecule has 0 aliphatic heterocycles. The molecule has 0 saturated heterocycles. The smallest absolute Gasteiger partial charge is 0.390 e. The molecule has 33 heavy (non-hydrogen) atoms. The number of hydrogen-bond acceptors (Lipinski definition) is 6. The Morgan fingerprint density at radius 1 is 1.15 bits per heavy atom. The van der Waals surface area contributed by atoms with E-state index in [0.717, 1.165) is 4.90 Å². The SMILES string of the molecule is NC(=O)c1ccc(-c2cnc3c(NCCC(F)(F)F)cc(Sc4ccccc4)nn23)c(O)c1. The summed E-state index contributed by atoms with van der Waals surface area (Å²) in [5.74, 6) is -0.895. The summed E-state index contributed by atoms with van der Waals surface area (Å²) in [4.78, 5) is 16.6. The van der Waals surface area contributed by atoms with Crippen molar-refractivity contribution in [1.82, 2.24) is 14.6 Å². The maximum Gasteiger partial charge on any atom is 0.390 e. The van der Waals surface area contributed by atoms with Gasteiger partial charge in [0.1, 0.15) is 10.8 Å². The number of alkyl halides is 3. The zero-order valence-corrected chi connectivity index (χ0v) is 17.8. The highest BCUT2D eigenvalue weighted by Gasteiger charge is 2.26. The van der Waals surface area contributed by atoms with E-state index in [-0.39, 0.29) is 17.9 Å². The van der Waals surface area contributed by atoms with E-state index >= 15 is 0 Å². The van der Waals surface area contributed by atoms with E-state index in [0.29, 0.717) is 27.6 Å². The lowest BCUT2D eigenvalue weighted by Gasteiger charge is -2.12. The van der Waals surface area contributed by atoms with E-state index in [1.807, 2.05) is 30.3 Å². The van der Waals surface area contributed by atoms with E-state index in [2.05, 4.69) is 15.4 Å². The fourth-order valence-corrected chi connectivity index (χ4v) is 3.99. The number of anilines is 1. The second-order valence-corrected chi connectivity index (χ2v) is 8.17. The highest BCUT2D eigenvalue weighted by atomic mass is 32.2. The summed E-state index contributed by atoms with van der Waals surface area (Å²) in [6.45, 7) is -0.334. The Labute approximate surface area is 190 Å². The number of nitrogens with zero attached hydrogens (tertiary/aromatic N) is 3. The molecular weight excluding hydrogens is 455 g/mol. The Morgan fingerprint density at radius 3 is 2.58 bits per heavy atom. The zero-order chi connectivity index (χ0) is 23.6. The average Bonchev–Trinajstić information content (AvgIpc) is 3.17. The van der Waals surface area contributed by atoms with Gasteiger partial charge in [-0.05, 0) is 36.4 Å². The monoisotopic (exact) mass is 473 g/mol. The second-order valence-electron chi connectivity index (χ2n) is 7.08. The molecule has 2 aromatic carbocycles. The van der Waals surface area contributed by atoms with Gasteiger partial charge >= 0.3 is 6.18 Å². The van der Waals surface area contributed by atoms with Crippen molar-refractivity contribution in [3.63, 3.8) is 0 Å². The molecule has 0 unspecified atom stereocenters. The molecular formula is C22H18F3N5O2S. The molecule has 0 saturated carbocycles. The summed E-state index contributed by atoms with van der Waals surface area (Å²) in [6, 6.07) is 15.2. The number of amides is 1. The van der Waals surface area contributed by atoms with Crippen molar-refractivity contribution in [1.29, 1.82) is 0 Å². The minimum absolute atomic E-state index is 0.132. The van der Waals surface area contributed by atoms with Gasteiger partial charge in [0.15, 0.2) is 5.65 Å². The largest absolute Gasteiger partial charge is 0.507 e. The first-order valence-electron chi connectivity index (χ1n) is 9.77. The standard InChI is InChI=1S/C22H18F3N5O2S/c23-22(24,25)8-9-27-16-11-19(33-14-4-2-1-3-5-14)29-30-17(12-28-21(16)30)15-7-6-13(20(26)32)10-18(15)31/h1-7,10-12,27,31H,8-9H2,(H2,26,32). The van der Waals surface area contributed by atoms with Crippen molar-refractivity contribution in [2.45, 2.75) is 22.5 Å². The number of aromatic nitrogens is 3. The van der Waals surface area contributed by atoms with Gasteiger partial charge in [0.05, 0.1) is 24.0 Å². The summed E-state index contributed by atoms with van der Waals surface area (Å²) >= 11 is 1.33. The van der Waals surface area contributed by atoms with Crippen molar-refractivity contribution in [3.8, 4) is 17.0 Å². The number of hydrogen-bond donors (Lipinski definition) is 3. The molecule has 0 atom stereocenters. The molecule has 0 spiro atoms. The fourth-order valence-electron chi connectivity index (χ4n) is 3.16. The van der Waals surface area contributed by atoms with Crippen molar-refractivity contribution >= 4 is 29.0 Å². The second kappa shape index (κ2) is 9.02. The molecule has 2 aromatic heterocycles. The first kappa shape index (κ1) is 22.5. The van der Waals surface area contributed by atoms with E-state index in [1.54, 1.807) is 6.07 Å². The molecule has 0 radical (unpaired) electrons. The first-order chi connectivity index (χ1) is 15.7. The van der Waals surface area contributed by atoms with Gasteiger partial charge < -0.3 is 16.2 Å². The third-order valence-corrected chi connectivity index (χ3v) is 5.61. The normalized spacial score (nSPS) is 11.6. The maximum absolute atomic E-state index is 12.7. The molecule has 4 aromatic rings. The average molecular weight is 473 g/mol. The number of nitrogens with two attached hydrogens (primary N) is 1. The van der Waals surface area contributed by atoms with Crippen LogP contribution < -0.4 is 11.1 Å². The molecule has 4 N–H and O–H groups in total. The summed E-state index contributed by atoms with van der Waals surface area (Å²) in [6.07, 6.45) is -3.86. The molecule has 2 heterocycles. The number of imidazole rings is 1. The Bertz CT molecular complexity index is 1310. The quantitative estimate of drug-likeness (QED) is 0.359. The minimum Gasteiger partial charge on any atom is -0.507 e. The Morgan fingerprint density at radius 2 is 1.91 bits per heavy atom. The van der Waals surface area contributed by atoms with Gasteiger partial charge in [0, 0.05) is 22.6 Å². The van der Waals surface area contributed by atoms with Gasteiger partial charge in [-0.1, -0.05) is 30.0 Å². The third kappa shape index (κ3) is 5.20. The predicted molar refractivity (Wildman–Crippen MR) is 118 cm³/mol. The van der Waals surface area contributed by atoms with Crippen LogP contribution in [0.5, 0.6) is 5.75 Å². The van der Waals surface area contributed by atoms with Crippen molar-refractivity contribution in [3.05, 3.63) is 66.4 Å². The number of phenolic OH excluding ortho intramolecular Hbond substituents is 1. The molecule has 0 aliphatic rings.